The molecule has 0 spiro atoms. The van der Waals surface area contributed by atoms with Crippen molar-refractivity contribution in [3.05, 3.63) is 36.3 Å². The second-order valence-corrected chi connectivity index (χ2v) is 3.78. The maximum Gasteiger partial charge on any atom is 0.318 e. The van der Waals surface area contributed by atoms with E-state index in [-0.39, 0.29) is 18.4 Å². The molecule has 0 unspecified atom stereocenters. The fourth-order valence-electron chi connectivity index (χ4n) is 1.06. The standard InChI is InChI=1S/C12H15FN4O2/c1-4-5-19-12-14-7-9(13)11(15-12)17-16-10(18)6-8(2)3/h4,6-7H,1,5H2,2-3H3,(H,16,18)(H,14,15,17). The van der Waals surface area contributed by atoms with Gasteiger partial charge in [-0.1, -0.05) is 18.2 Å². The van der Waals surface area contributed by atoms with Crippen molar-refractivity contribution in [2.45, 2.75) is 13.8 Å². The predicted octanol–water partition coefficient (Wildman–Crippen LogP) is 1.59. The van der Waals surface area contributed by atoms with Crippen LogP contribution in [0.5, 0.6) is 6.01 Å². The van der Waals surface area contributed by atoms with Gasteiger partial charge < -0.3 is 4.74 Å². The van der Waals surface area contributed by atoms with Crippen LogP contribution in [0.3, 0.4) is 0 Å². The molecule has 1 aromatic rings. The van der Waals surface area contributed by atoms with Gasteiger partial charge in [0.25, 0.3) is 5.91 Å². The van der Waals surface area contributed by atoms with E-state index >= 15 is 0 Å². The molecule has 0 radical (unpaired) electrons. The number of rotatable bonds is 6. The maximum atomic E-state index is 13.4. The van der Waals surface area contributed by atoms with E-state index in [9.17, 15) is 9.18 Å². The highest BCUT2D eigenvalue weighted by molar-refractivity contribution is 5.88. The third-order valence-electron chi connectivity index (χ3n) is 1.78. The van der Waals surface area contributed by atoms with Crippen LogP contribution in [-0.4, -0.2) is 22.5 Å². The number of amides is 1. The molecule has 1 aromatic heterocycles. The summed E-state index contributed by atoms with van der Waals surface area (Å²) >= 11 is 0. The molecule has 1 rings (SSSR count). The number of ether oxygens (including phenoxy) is 1. The van der Waals surface area contributed by atoms with E-state index in [0.717, 1.165) is 11.8 Å². The molecule has 0 aliphatic heterocycles. The number of aromatic nitrogens is 2. The Morgan fingerprint density at radius 1 is 1.58 bits per heavy atom. The van der Waals surface area contributed by atoms with Gasteiger partial charge in [-0.05, 0) is 13.8 Å². The Morgan fingerprint density at radius 3 is 2.95 bits per heavy atom. The molecule has 1 amide bonds. The number of anilines is 1. The lowest BCUT2D eigenvalue weighted by atomic mass is 10.3. The molecule has 0 aliphatic carbocycles. The molecule has 1 heterocycles. The highest BCUT2D eigenvalue weighted by Crippen LogP contribution is 2.12. The smallest absolute Gasteiger partial charge is 0.318 e. The second-order valence-electron chi connectivity index (χ2n) is 3.78. The lowest BCUT2D eigenvalue weighted by Crippen LogP contribution is -2.29. The minimum absolute atomic E-state index is 0.0136. The van der Waals surface area contributed by atoms with Crippen molar-refractivity contribution in [1.29, 1.82) is 0 Å². The van der Waals surface area contributed by atoms with E-state index in [4.69, 9.17) is 4.74 Å². The zero-order valence-corrected chi connectivity index (χ0v) is 10.7. The first-order valence-corrected chi connectivity index (χ1v) is 5.50. The van der Waals surface area contributed by atoms with Gasteiger partial charge in [0.2, 0.25) is 0 Å². The van der Waals surface area contributed by atoms with E-state index in [1.54, 1.807) is 13.8 Å². The molecular formula is C12H15FN4O2. The van der Waals surface area contributed by atoms with Crippen LogP contribution >= 0.6 is 0 Å². The minimum atomic E-state index is -0.705. The maximum absolute atomic E-state index is 13.4. The number of carbonyl (C=O) groups is 1. The fourth-order valence-corrected chi connectivity index (χ4v) is 1.06. The van der Waals surface area contributed by atoms with Crippen molar-refractivity contribution in [3.8, 4) is 6.01 Å². The largest absolute Gasteiger partial charge is 0.459 e. The molecule has 0 saturated carbocycles. The topological polar surface area (TPSA) is 76.1 Å². The molecule has 19 heavy (non-hydrogen) atoms. The summed E-state index contributed by atoms with van der Waals surface area (Å²) in [5, 5.41) is 0. The van der Waals surface area contributed by atoms with Gasteiger partial charge in [-0.3, -0.25) is 15.6 Å². The number of hydrazine groups is 1. The molecule has 6 nitrogen and oxygen atoms in total. The zero-order chi connectivity index (χ0) is 14.3. The summed E-state index contributed by atoms with van der Waals surface area (Å²) in [7, 11) is 0. The molecule has 7 heteroatoms. The Bertz CT molecular complexity index is 499. The van der Waals surface area contributed by atoms with Crippen LogP contribution in [-0.2, 0) is 4.79 Å². The number of halogens is 1. The van der Waals surface area contributed by atoms with Gasteiger partial charge in [-0.25, -0.2) is 9.37 Å². The van der Waals surface area contributed by atoms with Crippen LogP contribution in [0.1, 0.15) is 13.8 Å². The molecular weight excluding hydrogens is 251 g/mol. The predicted molar refractivity (Wildman–Crippen MR) is 68.9 cm³/mol. The molecule has 0 fully saturated rings. The van der Waals surface area contributed by atoms with Crippen LogP contribution < -0.4 is 15.6 Å². The first kappa shape index (κ1) is 14.6. The summed E-state index contributed by atoms with van der Waals surface area (Å²) in [6.45, 7) is 7.21. The number of allylic oxidation sites excluding steroid dienone is 1. The van der Waals surface area contributed by atoms with E-state index in [1.807, 2.05) is 0 Å². The van der Waals surface area contributed by atoms with E-state index in [1.165, 1.54) is 12.2 Å². The average molecular weight is 266 g/mol. The normalized spacial score (nSPS) is 9.42. The summed E-state index contributed by atoms with van der Waals surface area (Å²) in [5.74, 6) is -1.29. The van der Waals surface area contributed by atoms with Crippen LogP contribution in [0.2, 0.25) is 0 Å². The average Bonchev–Trinajstić information content (AvgIpc) is 2.35. The van der Waals surface area contributed by atoms with Crippen LogP contribution in [0.15, 0.2) is 30.5 Å². The van der Waals surface area contributed by atoms with E-state index < -0.39 is 11.7 Å². The molecule has 2 N–H and O–H groups in total. The Labute approximate surface area is 110 Å². The first-order chi connectivity index (χ1) is 9.02. The van der Waals surface area contributed by atoms with Gasteiger partial charge in [-0.15, -0.1) is 0 Å². The molecule has 0 aliphatic rings. The van der Waals surface area contributed by atoms with Crippen molar-refractivity contribution < 1.29 is 13.9 Å². The highest BCUT2D eigenvalue weighted by atomic mass is 19.1. The number of carbonyl (C=O) groups excluding carboxylic acids is 1. The van der Waals surface area contributed by atoms with Crippen LogP contribution in [0, 0.1) is 5.82 Å². The molecule has 0 aromatic carbocycles. The molecule has 102 valence electrons. The van der Waals surface area contributed by atoms with Gasteiger partial charge in [-0.2, -0.15) is 4.98 Å². The van der Waals surface area contributed by atoms with Crippen molar-refractivity contribution >= 4 is 11.7 Å². The summed E-state index contributed by atoms with van der Waals surface area (Å²) in [5.41, 5.74) is 5.46. The third kappa shape index (κ3) is 5.15. The van der Waals surface area contributed by atoms with Gasteiger partial charge in [0.1, 0.15) is 6.61 Å². The SMILES string of the molecule is C=CCOc1ncc(F)c(NNC(=O)C=C(C)C)n1. The van der Waals surface area contributed by atoms with Gasteiger partial charge in [0.15, 0.2) is 11.6 Å². The number of nitrogens with zero attached hydrogens (tertiary/aromatic N) is 2. The van der Waals surface area contributed by atoms with Crippen molar-refractivity contribution in [1.82, 2.24) is 15.4 Å². The molecule has 0 bridgehead atoms. The zero-order valence-electron chi connectivity index (χ0n) is 10.7. The van der Waals surface area contributed by atoms with Crippen molar-refractivity contribution in [3.63, 3.8) is 0 Å². The van der Waals surface area contributed by atoms with E-state index in [0.29, 0.717) is 0 Å². The fraction of sp³-hybridized carbons (Fsp3) is 0.250. The number of hydrogen-bond donors (Lipinski definition) is 2. The number of hydrogen-bond acceptors (Lipinski definition) is 5. The Hall–Kier alpha value is -2.44. The van der Waals surface area contributed by atoms with Gasteiger partial charge in [0.05, 0.1) is 6.20 Å². The quantitative estimate of drug-likeness (QED) is 0.464. The second kappa shape index (κ2) is 7.10. The Morgan fingerprint density at radius 2 is 2.32 bits per heavy atom. The third-order valence-corrected chi connectivity index (χ3v) is 1.78. The van der Waals surface area contributed by atoms with Crippen molar-refractivity contribution in [2.24, 2.45) is 0 Å². The van der Waals surface area contributed by atoms with Crippen LogP contribution in [0.25, 0.3) is 0 Å². The Balaban J connectivity index is 2.69. The van der Waals surface area contributed by atoms with Crippen LogP contribution in [0.4, 0.5) is 10.2 Å². The molecule has 0 saturated heterocycles. The molecule has 0 atom stereocenters. The summed E-state index contributed by atoms with van der Waals surface area (Å²) in [6.07, 6.45) is 3.82. The summed E-state index contributed by atoms with van der Waals surface area (Å²) in [4.78, 5) is 18.7. The van der Waals surface area contributed by atoms with E-state index in [2.05, 4.69) is 27.4 Å². The summed E-state index contributed by atoms with van der Waals surface area (Å²) < 4.78 is 18.4. The monoisotopic (exact) mass is 266 g/mol. The van der Waals surface area contributed by atoms with Gasteiger partial charge >= 0.3 is 6.01 Å². The first-order valence-electron chi connectivity index (χ1n) is 5.50. The lowest BCUT2D eigenvalue weighted by Gasteiger charge is -2.08. The Kier molecular flexibility index (Phi) is 5.46. The van der Waals surface area contributed by atoms with Crippen molar-refractivity contribution in [2.75, 3.05) is 12.0 Å². The number of nitrogens with one attached hydrogen (secondary N) is 2. The lowest BCUT2D eigenvalue weighted by molar-refractivity contribution is -0.116. The summed E-state index contributed by atoms with van der Waals surface area (Å²) in [6, 6.07) is -0.0136. The van der Waals surface area contributed by atoms with Gasteiger partial charge in [0, 0.05) is 6.08 Å². The highest BCUT2D eigenvalue weighted by Gasteiger charge is 2.08. The minimum Gasteiger partial charge on any atom is -0.459 e.